The van der Waals surface area contributed by atoms with Gasteiger partial charge in [-0.25, -0.2) is 0 Å². The first-order valence-electron chi connectivity index (χ1n) is 6.34. The van der Waals surface area contributed by atoms with E-state index >= 15 is 0 Å². The van der Waals surface area contributed by atoms with Crippen molar-refractivity contribution in [1.82, 2.24) is 0 Å². The van der Waals surface area contributed by atoms with Crippen LogP contribution >= 0.6 is 11.6 Å². The molecule has 0 radical (unpaired) electrons. The minimum atomic E-state index is -0.389. The number of hydrogen-bond donors (Lipinski definition) is 0. The number of nitrogens with zero attached hydrogens (tertiary/aromatic N) is 1. The van der Waals surface area contributed by atoms with Gasteiger partial charge in [0.2, 0.25) is 11.8 Å². The number of carbonyl (C=O) groups excluding carboxylic acids is 2. The molecular weight excluding hydrogens is 274 g/mol. The van der Waals surface area contributed by atoms with Gasteiger partial charge >= 0.3 is 0 Å². The van der Waals surface area contributed by atoms with E-state index in [0.717, 1.165) is 5.56 Å². The van der Waals surface area contributed by atoms with Crippen molar-refractivity contribution >= 4 is 29.1 Å². The first kappa shape index (κ1) is 12.9. The van der Waals surface area contributed by atoms with Gasteiger partial charge in [-0.05, 0) is 29.8 Å². The highest BCUT2D eigenvalue weighted by Crippen LogP contribution is 2.33. The lowest BCUT2D eigenvalue weighted by Crippen LogP contribution is -2.29. The third-order valence-corrected chi connectivity index (χ3v) is 3.69. The molecular formula is C16H12ClNO2. The number of imide groups is 1. The average Bonchev–Trinajstić information content (AvgIpc) is 2.76. The Morgan fingerprint density at radius 1 is 0.950 bits per heavy atom. The third-order valence-electron chi connectivity index (χ3n) is 3.43. The van der Waals surface area contributed by atoms with E-state index in [-0.39, 0.29) is 24.2 Å². The van der Waals surface area contributed by atoms with Crippen molar-refractivity contribution in [2.45, 2.75) is 12.3 Å². The average molecular weight is 286 g/mol. The molecule has 1 atom stereocenters. The Morgan fingerprint density at radius 3 is 2.25 bits per heavy atom. The molecule has 4 heteroatoms. The molecule has 100 valence electrons. The van der Waals surface area contributed by atoms with Crippen molar-refractivity contribution in [3.8, 4) is 0 Å². The Morgan fingerprint density at radius 2 is 1.60 bits per heavy atom. The number of carbonyl (C=O) groups is 2. The minimum absolute atomic E-state index is 0.175. The molecule has 2 amide bonds. The van der Waals surface area contributed by atoms with Crippen LogP contribution in [-0.2, 0) is 9.59 Å². The molecule has 1 heterocycles. The van der Waals surface area contributed by atoms with E-state index in [9.17, 15) is 9.59 Å². The highest BCUT2D eigenvalue weighted by Gasteiger charge is 2.40. The number of benzene rings is 2. The molecule has 1 aliphatic heterocycles. The SMILES string of the molecule is O=C1C[C@H](c2ccccc2)C(=O)N1c1ccc(Cl)cc1. The van der Waals surface area contributed by atoms with Gasteiger partial charge in [0.25, 0.3) is 0 Å². The Balaban J connectivity index is 1.93. The topological polar surface area (TPSA) is 37.4 Å². The molecule has 0 bridgehead atoms. The van der Waals surface area contributed by atoms with Gasteiger partial charge in [0.1, 0.15) is 0 Å². The van der Waals surface area contributed by atoms with Crippen molar-refractivity contribution in [2.75, 3.05) is 4.90 Å². The zero-order valence-electron chi connectivity index (χ0n) is 10.6. The molecule has 0 unspecified atom stereocenters. The van der Waals surface area contributed by atoms with Gasteiger partial charge in [-0.3, -0.25) is 14.5 Å². The van der Waals surface area contributed by atoms with Crippen LogP contribution in [0.5, 0.6) is 0 Å². The number of amides is 2. The van der Waals surface area contributed by atoms with Crippen molar-refractivity contribution in [3.05, 3.63) is 65.2 Å². The van der Waals surface area contributed by atoms with E-state index in [1.807, 2.05) is 30.3 Å². The minimum Gasteiger partial charge on any atom is -0.274 e. The Hall–Kier alpha value is -2.13. The molecule has 0 aliphatic carbocycles. The van der Waals surface area contributed by atoms with Crippen LogP contribution in [0.2, 0.25) is 5.02 Å². The van der Waals surface area contributed by atoms with E-state index in [4.69, 9.17) is 11.6 Å². The zero-order chi connectivity index (χ0) is 14.1. The van der Waals surface area contributed by atoms with E-state index in [1.54, 1.807) is 24.3 Å². The Bertz CT molecular complexity index is 652. The summed E-state index contributed by atoms with van der Waals surface area (Å²) in [4.78, 5) is 25.8. The van der Waals surface area contributed by atoms with Crippen molar-refractivity contribution < 1.29 is 9.59 Å². The molecule has 20 heavy (non-hydrogen) atoms. The zero-order valence-corrected chi connectivity index (χ0v) is 11.4. The first-order chi connectivity index (χ1) is 9.66. The summed E-state index contributed by atoms with van der Waals surface area (Å²) in [7, 11) is 0. The summed E-state index contributed by atoms with van der Waals surface area (Å²) in [5.41, 5.74) is 1.45. The molecule has 1 saturated heterocycles. The fraction of sp³-hybridized carbons (Fsp3) is 0.125. The maximum absolute atomic E-state index is 12.5. The van der Waals surface area contributed by atoms with E-state index in [1.165, 1.54) is 4.90 Å². The van der Waals surface area contributed by atoms with Crippen molar-refractivity contribution in [2.24, 2.45) is 0 Å². The second kappa shape index (κ2) is 5.10. The lowest BCUT2D eigenvalue weighted by molar-refractivity contribution is -0.121. The Kier molecular flexibility index (Phi) is 3.28. The summed E-state index contributed by atoms with van der Waals surface area (Å²) in [6.45, 7) is 0. The quantitative estimate of drug-likeness (QED) is 0.793. The van der Waals surface area contributed by atoms with Crippen LogP contribution in [-0.4, -0.2) is 11.8 Å². The fourth-order valence-corrected chi connectivity index (χ4v) is 2.57. The molecule has 0 spiro atoms. The van der Waals surface area contributed by atoms with Gasteiger partial charge < -0.3 is 0 Å². The van der Waals surface area contributed by atoms with Crippen LogP contribution in [0, 0.1) is 0 Å². The molecule has 3 nitrogen and oxygen atoms in total. The molecule has 0 aromatic heterocycles. The van der Waals surface area contributed by atoms with E-state index in [2.05, 4.69) is 0 Å². The maximum Gasteiger partial charge on any atom is 0.241 e. The van der Waals surface area contributed by atoms with Crippen LogP contribution in [0.4, 0.5) is 5.69 Å². The molecule has 1 aliphatic rings. The van der Waals surface area contributed by atoms with Crippen LogP contribution < -0.4 is 4.90 Å². The smallest absolute Gasteiger partial charge is 0.241 e. The molecule has 1 fully saturated rings. The summed E-state index contributed by atoms with van der Waals surface area (Å²) < 4.78 is 0. The highest BCUT2D eigenvalue weighted by atomic mass is 35.5. The standard InChI is InChI=1S/C16H12ClNO2/c17-12-6-8-13(9-7-12)18-15(19)10-14(16(18)20)11-4-2-1-3-5-11/h1-9,14H,10H2/t14-/m1/s1. The highest BCUT2D eigenvalue weighted by molar-refractivity contribution is 6.30. The third kappa shape index (κ3) is 2.21. The fourth-order valence-electron chi connectivity index (χ4n) is 2.44. The van der Waals surface area contributed by atoms with Crippen molar-refractivity contribution in [3.63, 3.8) is 0 Å². The van der Waals surface area contributed by atoms with Gasteiger partial charge in [-0.2, -0.15) is 0 Å². The van der Waals surface area contributed by atoms with E-state index < -0.39 is 0 Å². The summed E-state index contributed by atoms with van der Waals surface area (Å²) in [5, 5.41) is 0.576. The van der Waals surface area contributed by atoms with Gasteiger partial charge in [-0.15, -0.1) is 0 Å². The second-order valence-electron chi connectivity index (χ2n) is 4.71. The van der Waals surface area contributed by atoms with Gasteiger partial charge in [0.15, 0.2) is 0 Å². The number of rotatable bonds is 2. The predicted molar refractivity (Wildman–Crippen MR) is 77.7 cm³/mol. The lowest BCUT2D eigenvalue weighted by Gasteiger charge is -2.15. The molecule has 2 aromatic rings. The largest absolute Gasteiger partial charge is 0.274 e. The first-order valence-corrected chi connectivity index (χ1v) is 6.72. The lowest BCUT2D eigenvalue weighted by atomic mass is 9.98. The molecule has 0 N–H and O–H groups in total. The summed E-state index contributed by atoms with van der Waals surface area (Å²) >= 11 is 5.83. The normalized spacial score (nSPS) is 18.6. The summed E-state index contributed by atoms with van der Waals surface area (Å²) in [6.07, 6.45) is 0.214. The monoisotopic (exact) mass is 285 g/mol. The number of halogens is 1. The molecule has 0 saturated carbocycles. The summed E-state index contributed by atoms with van der Waals surface area (Å²) in [5.74, 6) is -0.742. The number of anilines is 1. The van der Waals surface area contributed by atoms with Crippen LogP contribution in [0.1, 0.15) is 17.9 Å². The Labute approximate surface area is 121 Å². The maximum atomic E-state index is 12.5. The van der Waals surface area contributed by atoms with Gasteiger partial charge in [-0.1, -0.05) is 41.9 Å². The predicted octanol–water partition coefficient (Wildman–Crippen LogP) is 3.39. The van der Waals surface area contributed by atoms with Crippen LogP contribution in [0.3, 0.4) is 0 Å². The van der Waals surface area contributed by atoms with Crippen molar-refractivity contribution in [1.29, 1.82) is 0 Å². The second-order valence-corrected chi connectivity index (χ2v) is 5.15. The van der Waals surface area contributed by atoms with Crippen LogP contribution in [0.25, 0.3) is 0 Å². The summed E-state index contributed by atoms with van der Waals surface area (Å²) in [6, 6.07) is 16.1. The van der Waals surface area contributed by atoms with E-state index in [0.29, 0.717) is 10.7 Å². The molecule has 2 aromatic carbocycles. The van der Waals surface area contributed by atoms with Gasteiger partial charge in [0, 0.05) is 11.4 Å². The van der Waals surface area contributed by atoms with Crippen LogP contribution in [0.15, 0.2) is 54.6 Å². The molecule has 3 rings (SSSR count). The van der Waals surface area contributed by atoms with Gasteiger partial charge in [0.05, 0.1) is 11.6 Å². The number of hydrogen-bond acceptors (Lipinski definition) is 2.